The molecule has 0 saturated heterocycles. The molecule has 0 fully saturated rings. The zero-order valence-corrected chi connectivity index (χ0v) is 11.4. The number of carboxylic acids is 1. The molecule has 0 radical (unpaired) electrons. The van der Waals surface area contributed by atoms with Gasteiger partial charge in [-0.2, -0.15) is 0 Å². The van der Waals surface area contributed by atoms with E-state index in [1.807, 2.05) is 25.1 Å². The van der Waals surface area contributed by atoms with Crippen molar-refractivity contribution in [1.29, 1.82) is 0 Å². The highest BCUT2D eigenvalue weighted by Gasteiger charge is 2.09. The van der Waals surface area contributed by atoms with E-state index in [2.05, 4.69) is 15.1 Å². The van der Waals surface area contributed by atoms with Gasteiger partial charge < -0.3 is 10.0 Å². The summed E-state index contributed by atoms with van der Waals surface area (Å²) in [5.41, 5.74) is 1.72. The maximum atomic E-state index is 10.5. The summed E-state index contributed by atoms with van der Waals surface area (Å²) >= 11 is 0. The van der Waals surface area contributed by atoms with Crippen LogP contribution in [-0.4, -0.2) is 40.2 Å². The van der Waals surface area contributed by atoms with Crippen molar-refractivity contribution >= 4 is 11.7 Å². The van der Waals surface area contributed by atoms with Gasteiger partial charge in [-0.05, 0) is 5.10 Å². The third kappa shape index (κ3) is 3.47. The van der Waals surface area contributed by atoms with Crippen LogP contribution >= 0.6 is 0 Å². The molecule has 104 valence electrons. The maximum absolute atomic E-state index is 10.5. The number of anilines is 1. The van der Waals surface area contributed by atoms with Gasteiger partial charge >= 0.3 is 5.97 Å². The van der Waals surface area contributed by atoms with Crippen molar-refractivity contribution in [2.24, 2.45) is 0 Å². The van der Waals surface area contributed by atoms with Crippen molar-refractivity contribution in [1.82, 2.24) is 15.1 Å². The third-order valence-corrected chi connectivity index (χ3v) is 2.74. The standard InChI is InChI=1S/C13H15N5O2/c1-17(2)11-8-14-13(15-9-11)10-3-5-18(16-7-10)6-4-12(19)20/h3,5,7-9H,4,6H2,1-2H3/p+1. The number of aliphatic carboxylic acids is 1. The summed E-state index contributed by atoms with van der Waals surface area (Å²) < 4.78 is 1.58. The minimum Gasteiger partial charge on any atom is -0.481 e. The molecule has 2 aromatic heterocycles. The maximum Gasteiger partial charge on any atom is 0.309 e. The fraction of sp³-hybridized carbons (Fsp3) is 0.308. The van der Waals surface area contributed by atoms with Crippen molar-refractivity contribution in [2.45, 2.75) is 13.0 Å². The summed E-state index contributed by atoms with van der Waals surface area (Å²) in [4.78, 5) is 21.0. The molecule has 20 heavy (non-hydrogen) atoms. The highest BCUT2D eigenvalue weighted by atomic mass is 16.4. The van der Waals surface area contributed by atoms with E-state index >= 15 is 0 Å². The zero-order valence-electron chi connectivity index (χ0n) is 11.4. The van der Waals surface area contributed by atoms with Crippen LogP contribution in [0.1, 0.15) is 6.42 Å². The summed E-state index contributed by atoms with van der Waals surface area (Å²) in [6, 6.07) is 1.82. The van der Waals surface area contributed by atoms with Gasteiger partial charge in [-0.15, -0.1) is 0 Å². The van der Waals surface area contributed by atoms with Crippen molar-refractivity contribution in [3.05, 3.63) is 30.9 Å². The number of aromatic nitrogens is 4. The number of nitrogens with zero attached hydrogens (tertiary/aromatic N) is 5. The van der Waals surface area contributed by atoms with Crippen molar-refractivity contribution < 1.29 is 14.6 Å². The van der Waals surface area contributed by atoms with Gasteiger partial charge in [0.2, 0.25) is 0 Å². The number of carboxylic acid groups (broad SMARTS) is 1. The summed E-state index contributed by atoms with van der Waals surface area (Å²) in [5.74, 6) is -0.250. The van der Waals surface area contributed by atoms with Crippen molar-refractivity contribution in [3.63, 3.8) is 0 Å². The number of rotatable bonds is 5. The van der Waals surface area contributed by atoms with Gasteiger partial charge in [0.1, 0.15) is 12.6 Å². The molecule has 0 aromatic carbocycles. The number of hydrogen-bond acceptors (Lipinski definition) is 5. The van der Waals surface area contributed by atoms with E-state index in [9.17, 15) is 4.79 Å². The highest BCUT2D eigenvalue weighted by Crippen LogP contribution is 2.14. The fourth-order valence-electron chi connectivity index (χ4n) is 1.56. The average molecular weight is 274 g/mol. The second-order valence-corrected chi connectivity index (χ2v) is 4.48. The predicted molar refractivity (Wildman–Crippen MR) is 72.0 cm³/mol. The molecule has 0 aliphatic carbocycles. The predicted octanol–water partition coefficient (Wildman–Crippen LogP) is 0.367. The smallest absolute Gasteiger partial charge is 0.309 e. The summed E-state index contributed by atoms with van der Waals surface area (Å²) in [7, 11) is 3.85. The molecular formula is C13H16N5O2+. The number of aryl methyl sites for hydroxylation is 1. The van der Waals surface area contributed by atoms with E-state index in [4.69, 9.17) is 5.11 Å². The fourth-order valence-corrected chi connectivity index (χ4v) is 1.56. The molecule has 2 heterocycles. The molecule has 2 aromatic rings. The summed E-state index contributed by atoms with van der Waals surface area (Å²) in [6.07, 6.45) is 6.89. The van der Waals surface area contributed by atoms with Crippen LogP contribution < -0.4 is 9.58 Å². The highest BCUT2D eigenvalue weighted by molar-refractivity contribution is 5.66. The minimum absolute atomic E-state index is 0.0467. The van der Waals surface area contributed by atoms with Crippen LogP contribution in [0.2, 0.25) is 0 Å². The monoisotopic (exact) mass is 274 g/mol. The molecule has 1 N–H and O–H groups in total. The van der Waals surface area contributed by atoms with E-state index in [-0.39, 0.29) is 6.42 Å². The molecule has 0 saturated carbocycles. The van der Waals surface area contributed by atoms with E-state index in [1.165, 1.54) is 0 Å². The minimum atomic E-state index is -0.842. The first-order valence-electron chi connectivity index (χ1n) is 6.13. The lowest BCUT2D eigenvalue weighted by Crippen LogP contribution is -2.38. The van der Waals surface area contributed by atoms with Crippen LogP contribution in [0.15, 0.2) is 30.9 Å². The van der Waals surface area contributed by atoms with Gasteiger partial charge in [0.15, 0.2) is 18.6 Å². The topological polar surface area (TPSA) is 83.1 Å². The molecule has 0 atom stereocenters. The van der Waals surface area contributed by atoms with Crippen LogP contribution in [0.4, 0.5) is 5.69 Å². The number of carbonyl (C=O) groups is 1. The average Bonchev–Trinajstić information content (AvgIpc) is 2.46. The van der Waals surface area contributed by atoms with Gasteiger partial charge in [0, 0.05) is 25.7 Å². The third-order valence-electron chi connectivity index (χ3n) is 2.74. The van der Waals surface area contributed by atoms with Crippen LogP contribution in [0.25, 0.3) is 11.4 Å². The molecule has 0 bridgehead atoms. The first-order chi connectivity index (χ1) is 9.56. The van der Waals surface area contributed by atoms with Gasteiger partial charge in [0.05, 0.1) is 18.1 Å². The van der Waals surface area contributed by atoms with Crippen LogP contribution in [0.5, 0.6) is 0 Å². The molecule has 0 aliphatic heterocycles. The molecule has 0 amide bonds. The quantitative estimate of drug-likeness (QED) is 0.793. The lowest BCUT2D eigenvalue weighted by Gasteiger charge is -2.10. The second-order valence-electron chi connectivity index (χ2n) is 4.48. The van der Waals surface area contributed by atoms with E-state index < -0.39 is 5.97 Å². The summed E-state index contributed by atoms with van der Waals surface area (Å²) in [6.45, 7) is 0.343. The second kappa shape index (κ2) is 6.05. The molecule has 0 unspecified atom stereocenters. The normalized spacial score (nSPS) is 10.3. The molecular weight excluding hydrogens is 258 g/mol. The number of hydrogen-bond donors (Lipinski definition) is 1. The molecule has 7 heteroatoms. The molecule has 0 aliphatic rings. The van der Waals surface area contributed by atoms with Gasteiger partial charge in [-0.1, -0.05) is 4.68 Å². The SMILES string of the molecule is CN(C)c1cnc(-c2cc[n+](CCC(=O)O)nc2)nc1. The lowest BCUT2D eigenvalue weighted by atomic mass is 10.3. The Morgan fingerprint density at radius 3 is 2.50 bits per heavy atom. The Morgan fingerprint density at radius 1 is 1.30 bits per heavy atom. The Morgan fingerprint density at radius 2 is 2.00 bits per heavy atom. The van der Waals surface area contributed by atoms with Crippen LogP contribution in [-0.2, 0) is 11.3 Å². The first-order valence-corrected chi connectivity index (χ1v) is 6.13. The van der Waals surface area contributed by atoms with Crippen LogP contribution in [0, 0.1) is 0 Å². The molecule has 2 rings (SSSR count). The van der Waals surface area contributed by atoms with Gasteiger partial charge in [-0.25, -0.2) is 9.97 Å². The first kappa shape index (κ1) is 13.9. The molecule has 0 spiro atoms. The van der Waals surface area contributed by atoms with E-state index in [1.54, 1.807) is 29.5 Å². The Balaban J connectivity index is 2.11. The van der Waals surface area contributed by atoms with Gasteiger partial charge in [-0.3, -0.25) is 4.79 Å². The van der Waals surface area contributed by atoms with E-state index in [0.29, 0.717) is 12.4 Å². The van der Waals surface area contributed by atoms with E-state index in [0.717, 1.165) is 11.3 Å². The largest absolute Gasteiger partial charge is 0.481 e. The van der Waals surface area contributed by atoms with Gasteiger partial charge in [0.25, 0.3) is 0 Å². The Bertz CT molecular complexity index is 581. The zero-order chi connectivity index (χ0) is 14.5. The Labute approximate surface area is 116 Å². The van der Waals surface area contributed by atoms with Crippen molar-refractivity contribution in [3.8, 4) is 11.4 Å². The Kier molecular flexibility index (Phi) is 4.19. The Hall–Kier alpha value is -2.57. The lowest BCUT2D eigenvalue weighted by molar-refractivity contribution is -0.752. The summed E-state index contributed by atoms with van der Waals surface area (Å²) in [5, 5.41) is 12.8. The molecule has 7 nitrogen and oxygen atoms in total. The van der Waals surface area contributed by atoms with Crippen molar-refractivity contribution in [2.75, 3.05) is 19.0 Å². The van der Waals surface area contributed by atoms with Crippen LogP contribution in [0.3, 0.4) is 0 Å².